The molecule has 0 saturated carbocycles. The minimum Gasteiger partial charge on any atom is -0.465 e. The summed E-state index contributed by atoms with van der Waals surface area (Å²) in [6.07, 6.45) is 0. The molecule has 0 aliphatic carbocycles. The van der Waals surface area contributed by atoms with Crippen LogP contribution in [-0.4, -0.2) is 44.1 Å². The number of hydrogen-bond donors (Lipinski definition) is 0. The van der Waals surface area contributed by atoms with E-state index in [4.69, 9.17) is 4.74 Å². The van der Waals surface area contributed by atoms with Gasteiger partial charge in [-0.2, -0.15) is 4.31 Å². The predicted octanol–water partition coefficient (Wildman–Crippen LogP) is 1.25. The van der Waals surface area contributed by atoms with E-state index in [-0.39, 0.29) is 30.9 Å². The molecule has 0 atom stereocenters. The van der Waals surface area contributed by atoms with Crippen LogP contribution in [-0.2, 0) is 19.6 Å². The Labute approximate surface area is 104 Å². The van der Waals surface area contributed by atoms with Crippen molar-refractivity contribution in [2.45, 2.75) is 34.6 Å². The molecule has 0 rings (SSSR count). The molecule has 0 amide bonds. The van der Waals surface area contributed by atoms with Gasteiger partial charge in [0.25, 0.3) is 0 Å². The van der Waals surface area contributed by atoms with Crippen LogP contribution in [0.5, 0.6) is 0 Å². The van der Waals surface area contributed by atoms with E-state index in [1.165, 1.54) is 0 Å². The van der Waals surface area contributed by atoms with E-state index in [1.54, 1.807) is 13.8 Å². The number of carbonyl (C=O) groups excluding carboxylic acids is 1. The van der Waals surface area contributed by atoms with Gasteiger partial charge in [0.2, 0.25) is 10.0 Å². The number of esters is 1. The summed E-state index contributed by atoms with van der Waals surface area (Å²) in [7, 11) is -3.41. The molecule has 0 aromatic rings. The maximum Gasteiger partial charge on any atom is 0.321 e. The van der Waals surface area contributed by atoms with E-state index in [2.05, 4.69) is 0 Å². The Morgan fingerprint density at radius 3 is 2.12 bits per heavy atom. The molecule has 0 aromatic carbocycles. The molecule has 0 radical (unpaired) electrons. The van der Waals surface area contributed by atoms with Crippen LogP contribution in [0.15, 0.2) is 0 Å². The first-order chi connectivity index (χ1) is 7.62. The highest BCUT2D eigenvalue weighted by Gasteiger charge is 2.28. The average Bonchev–Trinajstić information content (AvgIpc) is 2.10. The monoisotopic (exact) mass is 265 g/mol. The first-order valence-electron chi connectivity index (χ1n) is 5.76. The van der Waals surface area contributed by atoms with Crippen molar-refractivity contribution in [2.24, 2.45) is 5.41 Å². The molecule has 0 bridgehead atoms. The summed E-state index contributed by atoms with van der Waals surface area (Å²) in [5, 5.41) is 0. The van der Waals surface area contributed by atoms with Crippen molar-refractivity contribution in [1.82, 2.24) is 4.31 Å². The smallest absolute Gasteiger partial charge is 0.321 e. The van der Waals surface area contributed by atoms with E-state index >= 15 is 0 Å². The second kappa shape index (κ2) is 6.35. The number of rotatable bonds is 6. The summed E-state index contributed by atoms with van der Waals surface area (Å²) >= 11 is 0. The number of hydrogen-bond acceptors (Lipinski definition) is 4. The zero-order valence-corrected chi connectivity index (χ0v) is 12.1. The van der Waals surface area contributed by atoms with Crippen molar-refractivity contribution in [3.8, 4) is 0 Å². The van der Waals surface area contributed by atoms with Gasteiger partial charge in [-0.05, 0) is 12.3 Å². The fourth-order valence-electron chi connectivity index (χ4n) is 1.40. The first-order valence-corrected chi connectivity index (χ1v) is 7.36. The zero-order valence-electron chi connectivity index (χ0n) is 11.3. The highest BCUT2D eigenvalue weighted by Crippen LogP contribution is 2.18. The van der Waals surface area contributed by atoms with Gasteiger partial charge >= 0.3 is 5.97 Å². The van der Waals surface area contributed by atoms with Crippen LogP contribution in [0, 0.1) is 5.41 Å². The topological polar surface area (TPSA) is 63.7 Å². The number of ether oxygens (including phenoxy) is 1. The predicted molar refractivity (Wildman–Crippen MR) is 67.1 cm³/mol. The molecular formula is C11H23NO4S. The van der Waals surface area contributed by atoms with E-state index in [9.17, 15) is 13.2 Å². The highest BCUT2D eigenvalue weighted by molar-refractivity contribution is 7.89. The molecule has 102 valence electrons. The van der Waals surface area contributed by atoms with Crippen LogP contribution in [0.25, 0.3) is 0 Å². The Morgan fingerprint density at radius 2 is 1.76 bits per heavy atom. The van der Waals surface area contributed by atoms with Crippen LogP contribution < -0.4 is 0 Å². The van der Waals surface area contributed by atoms with Crippen LogP contribution >= 0.6 is 0 Å². The quantitative estimate of drug-likeness (QED) is 0.678. The molecule has 0 heterocycles. The van der Waals surface area contributed by atoms with Gasteiger partial charge in [-0.1, -0.05) is 27.7 Å². The second-order valence-corrected chi connectivity index (χ2v) is 7.02. The lowest BCUT2D eigenvalue weighted by molar-refractivity contribution is -0.143. The highest BCUT2D eigenvalue weighted by atomic mass is 32.2. The third-order valence-corrected chi connectivity index (χ3v) is 4.38. The molecular weight excluding hydrogens is 242 g/mol. The van der Waals surface area contributed by atoms with Gasteiger partial charge in [-0.3, -0.25) is 4.79 Å². The Kier molecular flexibility index (Phi) is 6.12. The van der Waals surface area contributed by atoms with Crippen LogP contribution in [0.2, 0.25) is 0 Å². The first kappa shape index (κ1) is 16.4. The molecule has 0 N–H and O–H groups in total. The normalized spacial score (nSPS) is 12.8. The van der Waals surface area contributed by atoms with Gasteiger partial charge in [-0.15, -0.1) is 0 Å². The molecule has 5 nitrogen and oxygen atoms in total. The average molecular weight is 265 g/mol. The molecule has 0 aliphatic rings. The van der Waals surface area contributed by atoms with Crippen LogP contribution in [0.1, 0.15) is 34.6 Å². The maximum atomic E-state index is 12.0. The third-order valence-electron chi connectivity index (χ3n) is 1.97. The zero-order chi connectivity index (χ0) is 13.7. The maximum absolute atomic E-state index is 12.0. The van der Waals surface area contributed by atoms with Crippen molar-refractivity contribution in [3.63, 3.8) is 0 Å². The molecule has 17 heavy (non-hydrogen) atoms. The van der Waals surface area contributed by atoms with Gasteiger partial charge in [0.15, 0.2) is 0 Å². The van der Waals surface area contributed by atoms with Gasteiger partial charge in [0, 0.05) is 6.54 Å². The number of sulfonamides is 1. The summed E-state index contributed by atoms with van der Waals surface area (Å²) in [6, 6.07) is 0. The Balaban J connectivity index is 4.70. The summed E-state index contributed by atoms with van der Waals surface area (Å²) in [6.45, 7) is 9.28. The fourth-order valence-corrected chi connectivity index (χ4v) is 3.37. The SMILES string of the molecule is CCOC(=O)CN(CC)S(=O)(=O)CC(C)(C)C. The molecule has 0 unspecified atom stereocenters. The van der Waals surface area contributed by atoms with Crippen molar-refractivity contribution in [2.75, 3.05) is 25.4 Å². The molecule has 0 fully saturated rings. The molecule has 0 saturated heterocycles. The van der Waals surface area contributed by atoms with E-state index in [1.807, 2.05) is 20.8 Å². The van der Waals surface area contributed by atoms with E-state index < -0.39 is 16.0 Å². The van der Waals surface area contributed by atoms with E-state index in [0.29, 0.717) is 0 Å². The van der Waals surface area contributed by atoms with Crippen molar-refractivity contribution in [3.05, 3.63) is 0 Å². The van der Waals surface area contributed by atoms with Crippen LogP contribution in [0.4, 0.5) is 0 Å². The number of carbonyl (C=O) groups is 1. The van der Waals surface area contributed by atoms with Gasteiger partial charge in [0.05, 0.1) is 12.4 Å². The lowest BCUT2D eigenvalue weighted by atomic mass is 10.0. The summed E-state index contributed by atoms with van der Waals surface area (Å²) in [5.41, 5.74) is -0.332. The van der Waals surface area contributed by atoms with Crippen molar-refractivity contribution in [1.29, 1.82) is 0 Å². The molecule has 0 spiro atoms. The van der Waals surface area contributed by atoms with Crippen molar-refractivity contribution >= 4 is 16.0 Å². The number of nitrogens with zero attached hydrogens (tertiary/aromatic N) is 1. The Bertz CT molecular complexity index is 343. The molecule has 6 heteroatoms. The molecule has 0 aliphatic heterocycles. The van der Waals surface area contributed by atoms with Gasteiger partial charge < -0.3 is 4.74 Å². The molecule has 0 aromatic heterocycles. The van der Waals surface area contributed by atoms with E-state index in [0.717, 1.165) is 4.31 Å². The summed E-state index contributed by atoms with van der Waals surface area (Å²) in [5.74, 6) is -0.486. The minimum absolute atomic E-state index is 0.0211. The second-order valence-electron chi connectivity index (χ2n) is 5.05. The largest absolute Gasteiger partial charge is 0.465 e. The number of likely N-dealkylation sites (N-methyl/N-ethyl adjacent to an activating group) is 1. The van der Waals surface area contributed by atoms with Gasteiger partial charge in [0.1, 0.15) is 6.54 Å². The summed E-state index contributed by atoms with van der Waals surface area (Å²) < 4.78 is 30.0. The lowest BCUT2D eigenvalue weighted by Crippen LogP contribution is -2.40. The Morgan fingerprint density at radius 1 is 1.24 bits per heavy atom. The standard InChI is InChI=1S/C11H23NO4S/c1-6-12(8-10(13)16-7-2)17(14,15)9-11(3,4)5/h6-9H2,1-5H3. The fraction of sp³-hybridized carbons (Fsp3) is 0.909. The van der Waals surface area contributed by atoms with Crippen molar-refractivity contribution < 1.29 is 17.9 Å². The third kappa shape index (κ3) is 6.63. The Hall–Kier alpha value is -0.620. The lowest BCUT2D eigenvalue weighted by Gasteiger charge is -2.25. The van der Waals surface area contributed by atoms with Crippen LogP contribution in [0.3, 0.4) is 0 Å². The summed E-state index contributed by atoms with van der Waals surface area (Å²) in [4.78, 5) is 11.3. The minimum atomic E-state index is -3.41. The van der Waals surface area contributed by atoms with Gasteiger partial charge in [-0.25, -0.2) is 8.42 Å².